The molecule has 2 aromatic carbocycles. The quantitative estimate of drug-likeness (QED) is 0.418. The van der Waals surface area contributed by atoms with Gasteiger partial charge in [-0.25, -0.2) is 24.5 Å². The lowest BCUT2D eigenvalue weighted by atomic mass is 10.1. The molecule has 0 aliphatic carbocycles. The van der Waals surface area contributed by atoms with Crippen LogP contribution in [0.25, 0.3) is 11.2 Å². The van der Waals surface area contributed by atoms with Crippen molar-refractivity contribution in [3.8, 4) is 0 Å². The van der Waals surface area contributed by atoms with Crippen LogP contribution < -0.4 is 0 Å². The highest BCUT2D eigenvalue weighted by Crippen LogP contribution is 2.33. The Hall–Kier alpha value is -4.11. The zero-order chi connectivity index (χ0) is 22.6. The molecule has 9 nitrogen and oxygen atoms in total. The van der Waals surface area contributed by atoms with Gasteiger partial charge in [-0.1, -0.05) is 36.4 Å². The highest BCUT2D eigenvalue weighted by atomic mass is 16.6. The topological polar surface area (TPSA) is 105 Å². The minimum absolute atomic E-state index is 0.0709. The third kappa shape index (κ3) is 4.44. The number of aromatic nitrogens is 4. The third-order valence-electron chi connectivity index (χ3n) is 5.39. The van der Waals surface area contributed by atoms with E-state index in [-0.39, 0.29) is 6.61 Å². The highest BCUT2D eigenvalue weighted by Gasteiger charge is 2.40. The molecule has 0 radical (unpaired) electrons. The lowest BCUT2D eigenvalue weighted by molar-refractivity contribution is -0.0563. The van der Waals surface area contributed by atoms with E-state index in [0.717, 1.165) is 0 Å². The number of hydrogen-bond donors (Lipinski definition) is 0. The second kappa shape index (κ2) is 9.17. The molecule has 0 saturated carbocycles. The summed E-state index contributed by atoms with van der Waals surface area (Å²) in [5.41, 5.74) is 2.09. The van der Waals surface area contributed by atoms with Gasteiger partial charge in [0.1, 0.15) is 36.9 Å². The molecule has 1 aliphatic rings. The number of imidazole rings is 1. The normalized spacial score (nSPS) is 19.9. The van der Waals surface area contributed by atoms with Crippen LogP contribution in [0, 0.1) is 0 Å². The zero-order valence-corrected chi connectivity index (χ0v) is 17.5. The van der Waals surface area contributed by atoms with E-state index in [0.29, 0.717) is 28.7 Å². The van der Waals surface area contributed by atoms with E-state index in [2.05, 4.69) is 15.0 Å². The molecule has 3 atom stereocenters. The predicted octanol–water partition coefficient (Wildman–Crippen LogP) is 3.20. The Labute approximate surface area is 189 Å². The summed E-state index contributed by atoms with van der Waals surface area (Å²) in [6.45, 7) is -0.0709. The number of rotatable bonds is 6. The van der Waals surface area contributed by atoms with Gasteiger partial charge in [0.2, 0.25) is 0 Å². The van der Waals surface area contributed by atoms with E-state index in [1.807, 2.05) is 12.1 Å². The fraction of sp³-hybridized carbons (Fsp3) is 0.208. The summed E-state index contributed by atoms with van der Waals surface area (Å²) in [5.74, 6) is -0.946. The van der Waals surface area contributed by atoms with E-state index >= 15 is 0 Å². The summed E-state index contributed by atoms with van der Waals surface area (Å²) in [6.07, 6.45) is 3.21. The second-order valence-electron chi connectivity index (χ2n) is 7.52. The minimum atomic E-state index is -0.658. The van der Waals surface area contributed by atoms with E-state index in [9.17, 15) is 9.59 Å². The fourth-order valence-corrected chi connectivity index (χ4v) is 3.74. The number of carbonyl (C=O) groups is 2. The van der Waals surface area contributed by atoms with Gasteiger partial charge >= 0.3 is 11.9 Å². The molecule has 1 fully saturated rings. The molecule has 4 aromatic rings. The molecular formula is C24H20N4O5. The van der Waals surface area contributed by atoms with Crippen molar-refractivity contribution in [1.82, 2.24) is 19.5 Å². The number of benzene rings is 2. The van der Waals surface area contributed by atoms with Gasteiger partial charge in [-0.2, -0.15) is 0 Å². The number of ether oxygens (including phenoxy) is 3. The number of hydrogen-bond acceptors (Lipinski definition) is 8. The summed E-state index contributed by atoms with van der Waals surface area (Å²) in [4.78, 5) is 37.7. The van der Waals surface area contributed by atoms with Gasteiger partial charge in [0.15, 0.2) is 5.65 Å². The van der Waals surface area contributed by atoms with Gasteiger partial charge in [0.25, 0.3) is 0 Å². The van der Waals surface area contributed by atoms with Gasteiger partial charge in [-0.15, -0.1) is 0 Å². The summed E-state index contributed by atoms with van der Waals surface area (Å²) in [5, 5.41) is 0. The molecule has 3 heterocycles. The van der Waals surface area contributed by atoms with Crippen molar-refractivity contribution >= 4 is 23.1 Å². The van der Waals surface area contributed by atoms with Gasteiger partial charge in [0.05, 0.1) is 23.7 Å². The van der Waals surface area contributed by atoms with E-state index in [4.69, 9.17) is 14.2 Å². The van der Waals surface area contributed by atoms with Crippen molar-refractivity contribution in [2.24, 2.45) is 0 Å². The molecule has 0 bridgehead atoms. The first kappa shape index (κ1) is 20.8. The Morgan fingerprint density at radius 3 is 2.39 bits per heavy atom. The molecule has 2 aromatic heterocycles. The maximum Gasteiger partial charge on any atom is 0.338 e. The monoisotopic (exact) mass is 444 g/mol. The molecule has 1 saturated heterocycles. The Morgan fingerprint density at radius 1 is 0.970 bits per heavy atom. The largest absolute Gasteiger partial charge is 0.459 e. The first-order valence-corrected chi connectivity index (χ1v) is 10.5. The molecule has 33 heavy (non-hydrogen) atoms. The van der Waals surface area contributed by atoms with Crippen molar-refractivity contribution in [1.29, 1.82) is 0 Å². The fourth-order valence-electron chi connectivity index (χ4n) is 3.74. The van der Waals surface area contributed by atoms with Gasteiger partial charge in [0, 0.05) is 6.42 Å². The second-order valence-corrected chi connectivity index (χ2v) is 7.52. The molecular weight excluding hydrogens is 424 g/mol. The molecule has 9 heteroatoms. The van der Waals surface area contributed by atoms with Crippen molar-refractivity contribution in [3.63, 3.8) is 0 Å². The summed E-state index contributed by atoms with van der Waals surface area (Å²) in [6, 6.07) is 17.4. The van der Waals surface area contributed by atoms with Crippen LogP contribution in [0.4, 0.5) is 0 Å². The van der Waals surface area contributed by atoms with E-state index < -0.39 is 30.4 Å². The van der Waals surface area contributed by atoms with Gasteiger partial charge < -0.3 is 14.2 Å². The molecule has 0 amide bonds. The summed E-state index contributed by atoms with van der Waals surface area (Å²) < 4.78 is 19.2. The summed E-state index contributed by atoms with van der Waals surface area (Å²) in [7, 11) is 0. The van der Waals surface area contributed by atoms with Crippen molar-refractivity contribution in [3.05, 3.63) is 90.6 Å². The molecule has 5 rings (SSSR count). The minimum Gasteiger partial charge on any atom is -0.459 e. The van der Waals surface area contributed by atoms with Crippen molar-refractivity contribution in [2.45, 2.75) is 24.9 Å². The maximum absolute atomic E-state index is 12.7. The average Bonchev–Trinajstić information content (AvgIpc) is 3.47. The van der Waals surface area contributed by atoms with Crippen LogP contribution in [0.5, 0.6) is 0 Å². The Bertz CT molecular complexity index is 1260. The Balaban J connectivity index is 1.35. The molecule has 1 unspecified atom stereocenters. The maximum atomic E-state index is 12.7. The molecule has 0 spiro atoms. The van der Waals surface area contributed by atoms with Crippen LogP contribution in [0.3, 0.4) is 0 Å². The van der Waals surface area contributed by atoms with Crippen LogP contribution in [0.15, 0.2) is 79.5 Å². The lowest BCUT2D eigenvalue weighted by Gasteiger charge is -2.19. The van der Waals surface area contributed by atoms with Crippen molar-refractivity contribution in [2.75, 3.05) is 6.61 Å². The zero-order valence-electron chi connectivity index (χ0n) is 17.5. The molecule has 0 N–H and O–H groups in total. The number of carbonyl (C=O) groups excluding carboxylic acids is 2. The standard InChI is InChI=1S/C24H20N4O5/c29-23(16-7-3-1-4-8-16)31-13-20-19(33-24(30)17-9-5-2-6-10-17)11-21(32-20)28-15-27-18-12-25-14-26-22(18)28/h1-10,12,14-15,19-21H,11,13H2/t19?,20-,21-/m1/s1. The molecule has 1 aliphatic heterocycles. The predicted molar refractivity (Wildman–Crippen MR) is 116 cm³/mol. The van der Waals surface area contributed by atoms with Crippen LogP contribution >= 0.6 is 0 Å². The van der Waals surface area contributed by atoms with Gasteiger partial charge in [-0.3, -0.25) is 4.57 Å². The first-order valence-electron chi connectivity index (χ1n) is 10.5. The first-order chi connectivity index (χ1) is 16.2. The molecule has 166 valence electrons. The average molecular weight is 444 g/mol. The number of nitrogens with zero attached hydrogens (tertiary/aromatic N) is 4. The van der Waals surface area contributed by atoms with Crippen molar-refractivity contribution < 1.29 is 23.8 Å². The van der Waals surface area contributed by atoms with E-state index in [1.54, 1.807) is 65.6 Å². The van der Waals surface area contributed by atoms with Crippen LogP contribution in [0.1, 0.15) is 33.4 Å². The highest BCUT2D eigenvalue weighted by molar-refractivity contribution is 5.90. The van der Waals surface area contributed by atoms with Crippen LogP contribution in [0.2, 0.25) is 0 Å². The third-order valence-corrected chi connectivity index (χ3v) is 5.39. The van der Waals surface area contributed by atoms with Crippen LogP contribution in [-0.2, 0) is 14.2 Å². The SMILES string of the molecule is O=C(OC[C@H]1O[C@@H](n2cnc3cncnc32)CC1OC(=O)c1ccccc1)c1ccccc1. The van der Waals surface area contributed by atoms with Gasteiger partial charge in [-0.05, 0) is 24.3 Å². The Morgan fingerprint density at radius 2 is 1.67 bits per heavy atom. The van der Waals surface area contributed by atoms with E-state index in [1.165, 1.54) is 6.33 Å². The smallest absolute Gasteiger partial charge is 0.338 e. The summed E-state index contributed by atoms with van der Waals surface area (Å²) >= 11 is 0. The van der Waals surface area contributed by atoms with Crippen LogP contribution in [-0.4, -0.2) is 50.3 Å². The number of esters is 2. The number of fused-ring (bicyclic) bond motifs is 1. The Kier molecular flexibility index (Phi) is 5.77. The lowest BCUT2D eigenvalue weighted by Crippen LogP contribution is -2.32.